The van der Waals surface area contributed by atoms with Gasteiger partial charge in [0.2, 0.25) is 0 Å². The van der Waals surface area contributed by atoms with E-state index in [0.717, 1.165) is 0 Å². The molecule has 36 heavy (non-hydrogen) atoms. The van der Waals surface area contributed by atoms with Crippen LogP contribution in [0.15, 0.2) is 72.8 Å². The van der Waals surface area contributed by atoms with E-state index < -0.39 is 0 Å². The SMILES string of the molecule is CC.CC.CC.c1ccc2c(c1)CCCC2.c1ccc2c(c1)CCCC2.c1ccc2c(c1)CCCC2. The summed E-state index contributed by atoms with van der Waals surface area (Å²) in [5, 5.41) is 0. The van der Waals surface area contributed by atoms with Gasteiger partial charge in [-0.1, -0.05) is 114 Å². The normalized spacial score (nSPS) is 14.2. The molecule has 0 N–H and O–H groups in total. The average Bonchev–Trinajstić information content (AvgIpc) is 3.01. The molecule has 0 fully saturated rings. The average molecular weight is 487 g/mol. The minimum Gasteiger partial charge on any atom is -0.0683 e. The molecule has 0 heteroatoms. The van der Waals surface area contributed by atoms with Gasteiger partial charge in [-0.15, -0.1) is 0 Å². The van der Waals surface area contributed by atoms with Crippen molar-refractivity contribution in [3.8, 4) is 0 Å². The summed E-state index contributed by atoms with van der Waals surface area (Å²) in [6.07, 6.45) is 16.1. The van der Waals surface area contributed by atoms with E-state index in [9.17, 15) is 0 Å². The number of benzene rings is 3. The third-order valence-electron chi connectivity index (χ3n) is 6.78. The van der Waals surface area contributed by atoms with Crippen molar-refractivity contribution in [1.29, 1.82) is 0 Å². The molecule has 0 saturated carbocycles. The summed E-state index contributed by atoms with van der Waals surface area (Å²) in [5.74, 6) is 0. The molecule has 0 radical (unpaired) electrons. The van der Waals surface area contributed by atoms with E-state index in [-0.39, 0.29) is 0 Å². The van der Waals surface area contributed by atoms with Crippen LogP contribution in [0, 0.1) is 0 Å². The molecule has 0 nitrogen and oxygen atoms in total. The largest absolute Gasteiger partial charge is 0.0683 e. The fourth-order valence-corrected chi connectivity index (χ4v) is 5.03. The zero-order valence-corrected chi connectivity index (χ0v) is 24.4. The van der Waals surface area contributed by atoms with Gasteiger partial charge in [0, 0.05) is 0 Å². The summed E-state index contributed by atoms with van der Waals surface area (Å²) < 4.78 is 0. The van der Waals surface area contributed by atoms with Crippen molar-refractivity contribution in [2.45, 2.75) is 119 Å². The Balaban J connectivity index is 0.000000244. The molecule has 0 unspecified atom stereocenters. The van der Waals surface area contributed by atoms with Crippen LogP contribution in [0.25, 0.3) is 0 Å². The minimum absolute atomic E-state index is 1.30. The van der Waals surface area contributed by atoms with Crippen LogP contribution in [-0.2, 0) is 38.5 Å². The molecule has 3 aliphatic rings. The molecular formula is C36H54. The van der Waals surface area contributed by atoms with Crippen molar-refractivity contribution in [3.05, 3.63) is 106 Å². The first-order valence-electron chi connectivity index (χ1n) is 15.1. The molecule has 0 aromatic heterocycles. The van der Waals surface area contributed by atoms with Crippen LogP contribution >= 0.6 is 0 Å². The Morgan fingerprint density at radius 3 is 0.556 bits per heavy atom. The number of fused-ring (bicyclic) bond motifs is 3. The zero-order valence-electron chi connectivity index (χ0n) is 24.4. The van der Waals surface area contributed by atoms with Gasteiger partial charge in [-0.05, 0) is 110 Å². The summed E-state index contributed by atoms with van der Waals surface area (Å²) >= 11 is 0. The molecule has 3 aromatic rings. The number of hydrogen-bond donors (Lipinski definition) is 0. The molecule has 0 bridgehead atoms. The van der Waals surface area contributed by atoms with Gasteiger partial charge in [0.15, 0.2) is 0 Å². The first kappa shape index (κ1) is 31.7. The van der Waals surface area contributed by atoms with Crippen LogP contribution in [-0.4, -0.2) is 0 Å². The molecule has 0 atom stereocenters. The highest BCUT2D eigenvalue weighted by atomic mass is 14.1. The van der Waals surface area contributed by atoms with E-state index >= 15 is 0 Å². The third kappa shape index (κ3) is 11.2. The standard InChI is InChI=1S/3C10H12.3C2H6/c3*1-2-6-10-8-4-3-7-9(10)5-1;3*1-2/h3*1-2,5-6H,3-4,7-8H2;3*1-2H3. The van der Waals surface area contributed by atoms with Crippen molar-refractivity contribution >= 4 is 0 Å². The first-order chi connectivity index (χ1) is 17.9. The highest BCUT2D eigenvalue weighted by molar-refractivity contribution is 5.30. The van der Waals surface area contributed by atoms with Gasteiger partial charge in [0.1, 0.15) is 0 Å². The van der Waals surface area contributed by atoms with Crippen LogP contribution in [0.5, 0.6) is 0 Å². The molecule has 3 aromatic carbocycles. The maximum Gasteiger partial charge on any atom is -0.0276 e. The highest BCUT2D eigenvalue weighted by Gasteiger charge is 2.07. The van der Waals surface area contributed by atoms with Crippen molar-refractivity contribution in [2.24, 2.45) is 0 Å². The molecule has 0 saturated heterocycles. The predicted molar refractivity (Wildman–Crippen MR) is 163 cm³/mol. The van der Waals surface area contributed by atoms with E-state index in [2.05, 4.69) is 72.8 Å². The third-order valence-corrected chi connectivity index (χ3v) is 6.78. The van der Waals surface area contributed by atoms with Crippen LogP contribution in [0.1, 0.15) is 113 Å². The van der Waals surface area contributed by atoms with Gasteiger partial charge in [-0.3, -0.25) is 0 Å². The second kappa shape index (κ2) is 20.8. The van der Waals surface area contributed by atoms with Crippen molar-refractivity contribution < 1.29 is 0 Å². The molecule has 0 heterocycles. The van der Waals surface area contributed by atoms with Crippen LogP contribution in [0.3, 0.4) is 0 Å². The van der Waals surface area contributed by atoms with Gasteiger partial charge < -0.3 is 0 Å². The van der Waals surface area contributed by atoms with Gasteiger partial charge >= 0.3 is 0 Å². The molecule has 6 rings (SSSR count). The van der Waals surface area contributed by atoms with Crippen molar-refractivity contribution in [2.75, 3.05) is 0 Å². The summed E-state index contributed by atoms with van der Waals surface area (Å²) in [4.78, 5) is 0. The van der Waals surface area contributed by atoms with E-state index in [1.807, 2.05) is 41.5 Å². The Labute approximate surface area is 224 Å². The van der Waals surface area contributed by atoms with Gasteiger partial charge in [0.05, 0.1) is 0 Å². The summed E-state index contributed by atoms with van der Waals surface area (Å²) in [7, 11) is 0. The van der Waals surface area contributed by atoms with E-state index in [4.69, 9.17) is 0 Å². The summed E-state index contributed by atoms with van der Waals surface area (Å²) in [6.45, 7) is 12.0. The van der Waals surface area contributed by atoms with Crippen LogP contribution < -0.4 is 0 Å². The Bertz CT molecular complexity index is 723. The highest BCUT2D eigenvalue weighted by Crippen LogP contribution is 2.21. The number of hydrogen-bond acceptors (Lipinski definition) is 0. The quantitative estimate of drug-likeness (QED) is 0.296. The monoisotopic (exact) mass is 486 g/mol. The zero-order chi connectivity index (χ0) is 26.4. The fraction of sp³-hybridized carbons (Fsp3) is 0.500. The Hall–Kier alpha value is -2.34. The molecule has 0 amide bonds. The molecular weight excluding hydrogens is 432 g/mol. The Kier molecular flexibility index (Phi) is 18.3. The van der Waals surface area contributed by atoms with Gasteiger partial charge in [-0.2, -0.15) is 0 Å². The minimum atomic E-state index is 1.30. The molecule has 198 valence electrons. The Morgan fingerprint density at radius 1 is 0.278 bits per heavy atom. The Morgan fingerprint density at radius 2 is 0.417 bits per heavy atom. The summed E-state index contributed by atoms with van der Waals surface area (Å²) in [5.41, 5.74) is 9.47. The van der Waals surface area contributed by atoms with Crippen molar-refractivity contribution in [3.63, 3.8) is 0 Å². The smallest absolute Gasteiger partial charge is 0.0276 e. The number of aryl methyl sites for hydroxylation is 6. The van der Waals surface area contributed by atoms with E-state index in [1.54, 1.807) is 33.4 Å². The van der Waals surface area contributed by atoms with Crippen LogP contribution in [0.4, 0.5) is 0 Å². The van der Waals surface area contributed by atoms with Gasteiger partial charge in [0.25, 0.3) is 0 Å². The molecule has 3 aliphatic carbocycles. The molecule has 0 spiro atoms. The lowest BCUT2D eigenvalue weighted by atomic mass is 9.92. The van der Waals surface area contributed by atoms with Crippen LogP contribution in [0.2, 0.25) is 0 Å². The number of rotatable bonds is 0. The lowest BCUT2D eigenvalue weighted by molar-refractivity contribution is 0.685. The fourth-order valence-electron chi connectivity index (χ4n) is 5.03. The second-order valence-corrected chi connectivity index (χ2v) is 8.93. The molecule has 0 aliphatic heterocycles. The lowest BCUT2D eigenvalue weighted by Crippen LogP contribution is -2.00. The summed E-state index contributed by atoms with van der Waals surface area (Å²) in [6, 6.07) is 26.4. The predicted octanol–water partition coefficient (Wildman–Crippen LogP) is 10.8. The second-order valence-electron chi connectivity index (χ2n) is 8.93. The maximum atomic E-state index is 2.26. The van der Waals surface area contributed by atoms with E-state index in [1.165, 1.54) is 77.0 Å². The topological polar surface area (TPSA) is 0 Å². The lowest BCUT2D eigenvalue weighted by Gasteiger charge is -2.13. The van der Waals surface area contributed by atoms with E-state index in [0.29, 0.717) is 0 Å². The van der Waals surface area contributed by atoms with Gasteiger partial charge in [-0.25, -0.2) is 0 Å². The maximum absolute atomic E-state index is 2.26. The van der Waals surface area contributed by atoms with Crippen molar-refractivity contribution in [1.82, 2.24) is 0 Å². The first-order valence-corrected chi connectivity index (χ1v) is 15.1.